The molecule has 8 nitrogen and oxygen atoms in total. The molecule has 2 aromatic rings. The number of benzene rings is 2. The second kappa shape index (κ2) is 9.89. The molecule has 1 aliphatic rings. The minimum absolute atomic E-state index is 0.0245. The Morgan fingerprint density at radius 1 is 1.10 bits per heavy atom. The van der Waals surface area contributed by atoms with Crippen molar-refractivity contribution in [3.8, 4) is 0 Å². The van der Waals surface area contributed by atoms with Gasteiger partial charge in [0.15, 0.2) is 0 Å². The molecule has 0 atom stereocenters. The van der Waals surface area contributed by atoms with Crippen LogP contribution in [0.4, 0.5) is 11.4 Å². The van der Waals surface area contributed by atoms with Crippen LogP contribution in [0.2, 0.25) is 0 Å². The number of nitro groups is 1. The van der Waals surface area contributed by atoms with E-state index in [0.29, 0.717) is 29.8 Å². The first kappa shape index (κ1) is 21.3. The number of para-hydroxylation sites is 1. The molecule has 0 bridgehead atoms. The lowest BCUT2D eigenvalue weighted by atomic mass is 10.1. The Kier molecular flexibility index (Phi) is 7.03. The normalized spacial score (nSPS) is 14.2. The Morgan fingerprint density at radius 3 is 2.47 bits per heavy atom. The number of nitrogens with one attached hydrogen (secondary N) is 2. The number of hydrogen-bond donors (Lipinski definition) is 2. The molecule has 0 saturated carbocycles. The van der Waals surface area contributed by atoms with E-state index in [9.17, 15) is 14.9 Å². The molecule has 0 aliphatic carbocycles. The Labute approximate surface area is 176 Å². The first-order valence-electron chi connectivity index (χ1n) is 9.95. The lowest BCUT2D eigenvalue weighted by Gasteiger charge is -2.36. The molecule has 1 saturated heterocycles. The molecule has 0 radical (unpaired) electrons. The maximum atomic E-state index is 12.2. The van der Waals surface area contributed by atoms with Crippen molar-refractivity contribution < 1.29 is 9.72 Å². The number of carbonyl (C=O) groups is 1. The molecule has 2 aromatic carbocycles. The van der Waals surface area contributed by atoms with Gasteiger partial charge in [0.2, 0.25) is 5.91 Å². The second-order valence-electron chi connectivity index (χ2n) is 7.32. The smallest absolute Gasteiger partial charge is 0.272 e. The molecule has 1 aliphatic heterocycles. The van der Waals surface area contributed by atoms with Crippen LogP contribution in [-0.4, -0.2) is 48.5 Å². The number of hydrazine groups is 1. The zero-order valence-electron chi connectivity index (χ0n) is 17.1. The van der Waals surface area contributed by atoms with E-state index in [1.54, 1.807) is 19.1 Å². The first-order chi connectivity index (χ1) is 14.4. The van der Waals surface area contributed by atoms with Gasteiger partial charge in [-0.3, -0.25) is 30.7 Å². The van der Waals surface area contributed by atoms with E-state index in [0.717, 1.165) is 26.2 Å². The van der Waals surface area contributed by atoms with Gasteiger partial charge in [-0.05, 0) is 19.1 Å². The van der Waals surface area contributed by atoms with Crippen molar-refractivity contribution in [2.24, 2.45) is 0 Å². The molecule has 1 amide bonds. The average molecular weight is 409 g/mol. The maximum Gasteiger partial charge on any atom is 0.272 e. The van der Waals surface area contributed by atoms with Crippen LogP contribution in [0.5, 0.6) is 0 Å². The van der Waals surface area contributed by atoms with Gasteiger partial charge in [-0.1, -0.05) is 36.9 Å². The molecule has 8 heteroatoms. The maximum absolute atomic E-state index is 12.2. The van der Waals surface area contributed by atoms with Crippen LogP contribution in [0, 0.1) is 17.0 Å². The molecule has 158 valence electrons. The molecule has 30 heavy (non-hydrogen) atoms. The summed E-state index contributed by atoms with van der Waals surface area (Å²) in [6, 6.07) is 15.2. The van der Waals surface area contributed by atoms with Gasteiger partial charge in [0, 0.05) is 62.0 Å². The van der Waals surface area contributed by atoms with Gasteiger partial charge in [-0.15, -0.1) is 0 Å². The van der Waals surface area contributed by atoms with Gasteiger partial charge in [0.1, 0.15) is 0 Å². The number of nitro benzene ring substituents is 1. The predicted octanol–water partition coefficient (Wildman–Crippen LogP) is 2.71. The molecule has 0 aromatic heterocycles. The Hall–Kier alpha value is -3.39. The van der Waals surface area contributed by atoms with Crippen molar-refractivity contribution in [1.29, 1.82) is 0 Å². The fourth-order valence-electron chi connectivity index (χ4n) is 3.40. The summed E-state index contributed by atoms with van der Waals surface area (Å²) in [6.45, 7) is 9.91. The zero-order chi connectivity index (χ0) is 21.5. The van der Waals surface area contributed by atoms with Gasteiger partial charge in [0.25, 0.3) is 5.69 Å². The number of aryl methyl sites for hydroxylation is 1. The van der Waals surface area contributed by atoms with E-state index in [1.165, 1.54) is 11.8 Å². The monoisotopic (exact) mass is 409 g/mol. The Bertz CT molecular complexity index is 908. The van der Waals surface area contributed by atoms with Gasteiger partial charge in [-0.2, -0.15) is 0 Å². The summed E-state index contributed by atoms with van der Waals surface area (Å²) in [6.07, 6.45) is 0.361. The van der Waals surface area contributed by atoms with Gasteiger partial charge >= 0.3 is 0 Å². The van der Waals surface area contributed by atoms with E-state index in [1.807, 2.05) is 18.2 Å². The van der Waals surface area contributed by atoms with Crippen molar-refractivity contribution in [2.45, 2.75) is 13.3 Å². The molecular formula is C22H27N5O3. The van der Waals surface area contributed by atoms with Crippen molar-refractivity contribution in [3.63, 3.8) is 0 Å². The van der Waals surface area contributed by atoms with Crippen LogP contribution in [0.1, 0.15) is 17.5 Å². The first-order valence-corrected chi connectivity index (χ1v) is 9.95. The largest absolute Gasteiger partial charge is 0.369 e. The second-order valence-corrected chi connectivity index (χ2v) is 7.32. The van der Waals surface area contributed by atoms with Crippen molar-refractivity contribution in [3.05, 3.63) is 76.4 Å². The molecule has 3 rings (SSSR count). The standard InChI is InChI=1S/C22H27N5O3/c1-17-8-9-19(16-21(17)27(29)30)18(2)23-24-22(28)10-11-25-12-14-26(15-13-25)20-6-4-3-5-7-20/h3-9,16,23H,2,10-15H2,1H3,(H,24,28). The highest BCUT2D eigenvalue weighted by molar-refractivity contribution is 5.77. The van der Waals surface area contributed by atoms with Gasteiger partial charge in [-0.25, -0.2) is 0 Å². The van der Waals surface area contributed by atoms with Crippen LogP contribution >= 0.6 is 0 Å². The number of carbonyl (C=O) groups excluding carboxylic acids is 1. The highest BCUT2D eigenvalue weighted by Gasteiger charge is 2.18. The molecular weight excluding hydrogens is 382 g/mol. The van der Waals surface area contributed by atoms with E-state index in [2.05, 4.69) is 39.4 Å². The molecule has 1 heterocycles. The Balaban J connectivity index is 1.40. The predicted molar refractivity (Wildman–Crippen MR) is 118 cm³/mol. The number of anilines is 1. The lowest BCUT2D eigenvalue weighted by molar-refractivity contribution is -0.385. The molecule has 0 spiro atoms. The summed E-state index contributed by atoms with van der Waals surface area (Å²) in [4.78, 5) is 27.5. The lowest BCUT2D eigenvalue weighted by Crippen LogP contribution is -2.47. The number of amides is 1. The summed E-state index contributed by atoms with van der Waals surface area (Å²) >= 11 is 0. The quantitative estimate of drug-likeness (QED) is 0.515. The number of piperazine rings is 1. The fraction of sp³-hybridized carbons (Fsp3) is 0.318. The number of hydrogen-bond acceptors (Lipinski definition) is 6. The molecule has 2 N–H and O–H groups in total. The van der Waals surface area contributed by atoms with E-state index in [-0.39, 0.29) is 11.6 Å². The average Bonchev–Trinajstić information content (AvgIpc) is 2.77. The highest BCUT2D eigenvalue weighted by atomic mass is 16.6. The van der Waals surface area contributed by atoms with Gasteiger partial charge < -0.3 is 4.90 Å². The topological polar surface area (TPSA) is 90.8 Å². The van der Waals surface area contributed by atoms with Crippen LogP contribution in [0.15, 0.2) is 55.1 Å². The van der Waals surface area contributed by atoms with Crippen molar-refractivity contribution >= 4 is 23.0 Å². The van der Waals surface area contributed by atoms with Crippen molar-refractivity contribution in [2.75, 3.05) is 37.6 Å². The number of rotatable bonds is 8. The third-order valence-corrected chi connectivity index (χ3v) is 5.26. The SMILES string of the molecule is C=C(NNC(=O)CCN1CCN(c2ccccc2)CC1)c1ccc(C)c([N+](=O)[O-])c1. The van der Waals surface area contributed by atoms with Crippen LogP contribution in [-0.2, 0) is 4.79 Å². The van der Waals surface area contributed by atoms with Crippen molar-refractivity contribution in [1.82, 2.24) is 15.8 Å². The minimum Gasteiger partial charge on any atom is -0.369 e. The minimum atomic E-state index is -0.428. The van der Waals surface area contributed by atoms with Crippen LogP contribution in [0.25, 0.3) is 5.70 Å². The summed E-state index contributed by atoms with van der Waals surface area (Å²) < 4.78 is 0. The summed E-state index contributed by atoms with van der Waals surface area (Å²) in [7, 11) is 0. The van der Waals surface area contributed by atoms with E-state index in [4.69, 9.17) is 0 Å². The van der Waals surface area contributed by atoms with Gasteiger partial charge in [0.05, 0.1) is 10.6 Å². The van der Waals surface area contributed by atoms with E-state index < -0.39 is 4.92 Å². The summed E-state index contributed by atoms with van der Waals surface area (Å²) in [5.74, 6) is -0.150. The fourth-order valence-corrected chi connectivity index (χ4v) is 3.40. The highest BCUT2D eigenvalue weighted by Crippen LogP contribution is 2.22. The number of nitrogens with zero attached hydrogens (tertiary/aromatic N) is 3. The zero-order valence-corrected chi connectivity index (χ0v) is 17.1. The third kappa shape index (κ3) is 5.57. The van der Waals surface area contributed by atoms with Crippen LogP contribution < -0.4 is 15.8 Å². The third-order valence-electron chi connectivity index (χ3n) is 5.26. The Morgan fingerprint density at radius 2 is 1.80 bits per heavy atom. The molecule has 1 fully saturated rings. The molecule has 0 unspecified atom stereocenters. The summed E-state index contributed by atoms with van der Waals surface area (Å²) in [5, 5.41) is 11.1. The van der Waals surface area contributed by atoms with E-state index >= 15 is 0 Å². The summed E-state index contributed by atoms with van der Waals surface area (Å²) in [5.41, 5.74) is 8.18. The van der Waals surface area contributed by atoms with Crippen LogP contribution in [0.3, 0.4) is 0 Å².